The SMILES string of the molecule is CCCC=Cc1c(C(C)C)nc(C(C)C)c(CO)c1-c1ccccc1. The highest BCUT2D eigenvalue weighted by Gasteiger charge is 2.21. The topological polar surface area (TPSA) is 33.1 Å². The fourth-order valence-corrected chi connectivity index (χ4v) is 3.23. The van der Waals surface area contributed by atoms with Crippen LogP contribution >= 0.6 is 0 Å². The summed E-state index contributed by atoms with van der Waals surface area (Å²) in [6.45, 7) is 10.9. The molecular formula is C23H31NO. The smallest absolute Gasteiger partial charge is 0.0706 e. The number of benzene rings is 1. The van der Waals surface area contributed by atoms with E-state index in [9.17, 15) is 5.11 Å². The molecule has 0 unspecified atom stereocenters. The van der Waals surface area contributed by atoms with Gasteiger partial charge in [-0.3, -0.25) is 4.98 Å². The molecule has 0 amide bonds. The number of aliphatic hydroxyl groups excluding tert-OH is 1. The van der Waals surface area contributed by atoms with Crippen molar-refractivity contribution in [3.63, 3.8) is 0 Å². The Kier molecular flexibility index (Phi) is 6.95. The van der Waals surface area contributed by atoms with Crippen LogP contribution in [0.2, 0.25) is 0 Å². The Morgan fingerprint density at radius 3 is 2.16 bits per heavy atom. The first-order valence-electron chi connectivity index (χ1n) is 9.40. The van der Waals surface area contributed by atoms with Gasteiger partial charge in [0.1, 0.15) is 0 Å². The van der Waals surface area contributed by atoms with Crippen molar-refractivity contribution in [1.82, 2.24) is 4.98 Å². The van der Waals surface area contributed by atoms with Crippen molar-refractivity contribution in [2.24, 2.45) is 0 Å². The van der Waals surface area contributed by atoms with E-state index in [1.165, 1.54) is 0 Å². The molecule has 2 rings (SSSR count). The molecule has 0 bridgehead atoms. The maximum Gasteiger partial charge on any atom is 0.0706 e. The van der Waals surface area contributed by atoms with Crippen LogP contribution < -0.4 is 0 Å². The Hall–Kier alpha value is -1.93. The van der Waals surface area contributed by atoms with E-state index in [2.05, 4.69) is 71.0 Å². The van der Waals surface area contributed by atoms with Crippen molar-refractivity contribution in [3.05, 3.63) is 58.9 Å². The van der Waals surface area contributed by atoms with Crippen molar-refractivity contribution in [2.45, 2.75) is 65.9 Å². The number of aliphatic hydroxyl groups is 1. The molecule has 0 saturated heterocycles. The predicted molar refractivity (Wildman–Crippen MR) is 108 cm³/mol. The van der Waals surface area contributed by atoms with Gasteiger partial charge in [-0.05, 0) is 29.4 Å². The summed E-state index contributed by atoms with van der Waals surface area (Å²) in [6.07, 6.45) is 6.60. The van der Waals surface area contributed by atoms with Crippen LogP contribution in [0.1, 0.15) is 81.8 Å². The van der Waals surface area contributed by atoms with Crippen LogP contribution in [0.15, 0.2) is 36.4 Å². The van der Waals surface area contributed by atoms with Gasteiger partial charge in [0.05, 0.1) is 12.3 Å². The van der Waals surface area contributed by atoms with Crippen molar-refractivity contribution >= 4 is 6.08 Å². The van der Waals surface area contributed by atoms with Gasteiger partial charge in [0.25, 0.3) is 0 Å². The summed E-state index contributed by atoms with van der Waals surface area (Å²) >= 11 is 0. The zero-order valence-corrected chi connectivity index (χ0v) is 16.2. The van der Waals surface area contributed by atoms with Crippen LogP contribution in [0.25, 0.3) is 17.2 Å². The van der Waals surface area contributed by atoms with Crippen LogP contribution in [0.4, 0.5) is 0 Å². The van der Waals surface area contributed by atoms with Crippen LogP contribution in [0.3, 0.4) is 0 Å². The lowest BCUT2D eigenvalue weighted by Gasteiger charge is -2.22. The zero-order valence-electron chi connectivity index (χ0n) is 16.2. The lowest BCUT2D eigenvalue weighted by atomic mass is 9.87. The molecule has 1 N–H and O–H groups in total. The van der Waals surface area contributed by atoms with E-state index in [0.717, 1.165) is 46.5 Å². The van der Waals surface area contributed by atoms with Gasteiger partial charge in [0.15, 0.2) is 0 Å². The largest absolute Gasteiger partial charge is 0.392 e. The zero-order chi connectivity index (χ0) is 18.4. The molecule has 2 nitrogen and oxygen atoms in total. The Morgan fingerprint density at radius 2 is 1.64 bits per heavy atom. The summed E-state index contributed by atoms with van der Waals surface area (Å²) in [6, 6.07) is 10.4. The van der Waals surface area contributed by atoms with Gasteiger partial charge in [0, 0.05) is 16.8 Å². The summed E-state index contributed by atoms with van der Waals surface area (Å²) in [5.74, 6) is 0.602. The normalized spacial score (nSPS) is 11.8. The molecule has 1 heterocycles. The maximum absolute atomic E-state index is 10.2. The number of rotatable bonds is 7. The molecule has 2 aromatic rings. The molecule has 0 atom stereocenters. The van der Waals surface area contributed by atoms with E-state index in [0.29, 0.717) is 5.92 Å². The fourth-order valence-electron chi connectivity index (χ4n) is 3.23. The lowest BCUT2D eigenvalue weighted by Crippen LogP contribution is -2.10. The third kappa shape index (κ3) is 4.38. The Morgan fingerprint density at radius 1 is 1.00 bits per heavy atom. The maximum atomic E-state index is 10.2. The van der Waals surface area contributed by atoms with Crippen molar-refractivity contribution < 1.29 is 5.11 Å². The van der Waals surface area contributed by atoms with E-state index in [1.54, 1.807) is 0 Å². The average molecular weight is 338 g/mol. The molecule has 0 radical (unpaired) electrons. The third-order valence-electron chi connectivity index (χ3n) is 4.45. The van der Waals surface area contributed by atoms with Gasteiger partial charge in [0.2, 0.25) is 0 Å². The van der Waals surface area contributed by atoms with Gasteiger partial charge in [-0.2, -0.15) is 0 Å². The van der Waals surface area contributed by atoms with Crippen LogP contribution in [-0.2, 0) is 6.61 Å². The molecule has 1 aromatic heterocycles. The standard InChI is InChI=1S/C23H31NO/c1-6-7-9-14-19-21(18-12-10-8-11-13-18)20(15-25)23(17(4)5)24-22(19)16(2)3/h8-14,16-17,25H,6-7,15H2,1-5H3. The fraction of sp³-hybridized carbons (Fsp3) is 0.435. The summed E-state index contributed by atoms with van der Waals surface area (Å²) in [5, 5.41) is 10.2. The van der Waals surface area contributed by atoms with Gasteiger partial charge >= 0.3 is 0 Å². The number of pyridine rings is 1. The molecule has 0 aliphatic carbocycles. The molecule has 0 saturated carbocycles. The average Bonchev–Trinajstić information content (AvgIpc) is 2.61. The van der Waals surface area contributed by atoms with E-state index in [4.69, 9.17) is 4.98 Å². The molecule has 134 valence electrons. The lowest BCUT2D eigenvalue weighted by molar-refractivity contribution is 0.280. The van der Waals surface area contributed by atoms with Gasteiger partial charge in [-0.25, -0.2) is 0 Å². The second kappa shape index (κ2) is 8.96. The van der Waals surface area contributed by atoms with E-state index >= 15 is 0 Å². The molecule has 2 heteroatoms. The van der Waals surface area contributed by atoms with Gasteiger partial charge < -0.3 is 5.11 Å². The van der Waals surface area contributed by atoms with E-state index < -0.39 is 0 Å². The van der Waals surface area contributed by atoms with Crippen LogP contribution in [0, 0.1) is 0 Å². The second-order valence-electron chi connectivity index (χ2n) is 7.17. The highest BCUT2D eigenvalue weighted by Crippen LogP contribution is 2.37. The van der Waals surface area contributed by atoms with Crippen LogP contribution in [-0.4, -0.2) is 10.1 Å². The minimum absolute atomic E-state index is 0.0116. The van der Waals surface area contributed by atoms with E-state index in [1.807, 2.05) is 6.07 Å². The van der Waals surface area contributed by atoms with Crippen molar-refractivity contribution in [3.8, 4) is 11.1 Å². The van der Waals surface area contributed by atoms with E-state index in [-0.39, 0.29) is 12.5 Å². The van der Waals surface area contributed by atoms with Crippen molar-refractivity contribution in [2.75, 3.05) is 0 Å². The van der Waals surface area contributed by atoms with Gasteiger partial charge in [-0.15, -0.1) is 0 Å². The first kappa shape index (κ1) is 19.4. The number of hydrogen-bond donors (Lipinski definition) is 1. The molecule has 25 heavy (non-hydrogen) atoms. The summed E-state index contributed by atoms with van der Waals surface area (Å²) in [4.78, 5) is 5.00. The second-order valence-corrected chi connectivity index (χ2v) is 7.17. The summed E-state index contributed by atoms with van der Waals surface area (Å²) in [7, 11) is 0. The minimum atomic E-state index is 0.0116. The molecule has 0 fully saturated rings. The monoisotopic (exact) mass is 337 g/mol. The molecule has 0 spiro atoms. The number of allylic oxidation sites excluding steroid dienone is 1. The Balaban J connectivity index is 2.85. The number of aromatic nitrogens is 1. The van der Waals surface area contributed by atoms with Crippen LogP contribution in [0.5, 0.6) is 0 Å². The number of unbranched alkanes of at least 4 members (excludes halogenated alkanes) is 1. The first-order chi connectivity index (χ1) is 12.0. The van der Waals surface area contributed by atoms with Crippen molar-refractivity contribution in [1.29, 1.82) is 0 Å². The third-order valence-corrected chi connectivity index (χ3v) is 4.45. The molecular weight excluding hydrogens is 306 g/mol. The predicted octanol–water partition coefficient (Wildman–Crippen LogP) is 6.30. The Labute approximate surface area is 152 Å². The summed E-state index contributed by atoms with van der Waals surface area (Å²) < 4.78 is 0. The first-order valence-corrected chi connectivity index (χ1v) is 9.40. The Bertz CT molecular complexity index is 715. The highest BCUT2D eigenvalue weighted by molar-refractivity contribution is 5.80. The van der Waals surface area contributed by atoms with Gasteiger partial charge in [-0.1, -0.05) is 83.5 Å². The summed E-state index contributed by atoms with van der Waals surface area (Å²) in [5.41, 5.74) is 6.53. The minimum Gasteiger partial charge on any atom is -0.392 e. The molecule has 0 aliphatic heterocycles. The highest BCUT2D eigenvalue weighted by atomic mass is 16.3. The molecule has 1 aromatic carbocycles. The quantitative estimate of drug-likeness (QED) is 0.643. The number of hydrogen-bond acceptors (Lipinski definition) is 2. The number of nitrogens with zero attached hydrogens (tertiary/aromatic N) is 1. The molecule has 0 aliphatic rings.